The molecule has 1 aromatic rings. The molecule has 0 bridgehead atoms. The third-order valence-corrected chi connectivity index (χ3v) is 1.72. The van der Waals surface area contributed by atoms with Crippen LogP contribution in [0.2, 0.25) is 5.02 Å². The van der Waals surface area contributed by atoms with Crippen LogP contribution >= 0.6 is 11.6 Å². The lowest BCUT2D eigenvalue weighted by Crippen LogP contribution is -2.08. The van der Waals surface area contributed by atoms with Crippen molar-refractivity contribution in [3.63, 3.8) is 0 Å². The fourth-order valence-corrected chi connectivity index (χ4v) is 1.06. The minimum Gasteiger partial charge on any atom is -0.397 e. The summed E-state index contributed by atoms with van der Waals surface area (Å²) in [5.41, 5.74) is 11.6. The molecule has 0 radical (unpaired) electrons. The van der Waals surface area contributed by atoms with Gasteiger partial charge in [0.1, 0.15) is 0 Å². The average Bonchev–Trinajstić information content (AvgIpc) is 2.08. The molecule has 1 amide bonds. The smallest absolute Gasteiger partial charge is 0.221 e. The van der Waals surface area contributed by atoms with Crippen molar-refractivity contribution in [2.45, 2.75) is 6.42 Å². The summed E-state index contributed by atoms with van der Waals surface area (Å²) in [7, 11) is 0. The van der Waals surface area contributed by atoms with Gasteiger partial charge in [-0.05, 0) is 12.1 Å². The second kappa shape index (κ2) is 4.62. The summed E-state index contributed by atoms with van der Waals surface area (Å²) in [6.07, 6.45) is 4.90. The molecule has 0 aliphatic heterocycles. The number of pyridine rings is 1. The highest BCUT2D eigenvalue weighted by molar-refractivity contribution is 6.30. The quantitative estimate of drug-likeness (QED) is 0.788. The number of primary amides is 1. The van der Waals surface area contributed by atoms with Gasteiger partial charge in [-0.1, -0.05) is 17.7 Å². The fraction of sp³-hybridized carbons (Fsp3) is 0.111. The van der Waals surface area contributed by atoms with Gasteiger partial charge in [0.2, 0.25) is 5.91 Å². The number of rotatable bonds is 3. The van der Waals surface area contributed by atoms with Crippen molar-refractivity contribution in [2.24, 2.45) is 5.73 Å². The number of halogens is 1. The van der Waals surface area contributed by atoms with E-state index in [1.165, 1.54) is 6.20 Å². The average molecular weight is 212 g/mol. The first-order chi connectivity index (χ1) is 6.59. The summed E-state index contributed by atoms with van der Waals surface area (Å²) in [6, 6.07) is 1.60. The zero-order valence-electron chi connectivity index (χ0n) is 7.40. The number of nitrogen functional groups attached to an aromatic ring is 1. The van der Waals surface area contributed by atoms with Gasteiger partial charge in [0, 0.05) is 12.6 Å². The predicted molar refractivity (Wildman–Crippen MR) is 56.5 cm³/mol. The number of aromatic nitrogens is 1. The summed E-state index contributed by atoms with van der Waals surface area (Å²) in [5.74, 6) is -0.395. The van der Waals surface area contributed by atoms with E-state index in [-0.39, 0.29) is 6.42 Å². The lowest BCUT2D eigenvalue weighted by molar-refractivity contribution is -0.117. The molecule has 4 N–H and O–H groups in total. The molecule has 1 heterocycles. The maximum atomic E-state index is 10.4. The predicted octanol–water partition coefficient (Wildman–Crippen LogP) is 1.21. The number of carbonyl (C=O) groups excluding carboxylic acids is 1. The van der Waals surface area contributed by atoms with E-state index in [9.17, 15) is 4.79 Å². The number of amides is 1. The first-order valence-corrected chi connectivity index (χ1v) is 4.33. The molecule has 0 fully saturated rings. The molecule has 4 nitrogen and oxygen atoms in total. The summed E-state index contributed by atoms with van der Waals surface area (Å²) < 4.78 is 0. The van der Waals surface area contributed by atoms with Crippen LogP contribution in [-0.2, 0) is 4.79 Å². The van der Waals surface area contributed by atoms with Crippen LogP contribution in [-0.4, -0.2) is 10.9 Å². The zero-order valence-corrected chi connectivity index (χ0v) is 8.16. The molecule has 0 atom stereocenters. The minimum atomic E-state index is -0.395. The van der Waals surface area contributed by atoms with E-state index >= 15 is 0 Å². The van der Waals surface area contributed by atoms with Gasteiger partial charge in [-0.15, -0.1) is 0 Å². The van der Waals surface area contributed by atoms with Crippen molar-refractivity contribution in [1.82, 2.24) is 4.98 Å². The Morgan fingerprint density at radius 3 is 2.93 bits per heavy atom. The Morgan fingerprint density at radius 2 is 2.36 bits per heavy atom. The highest BCUT2D eigenvalue weighted by Gasteiger charge is 1.97. The summed E-state index contributed by atoms with van der Waals surface area (Å²) in [5, 5.41) is 0.481. The fourth-order valence-electron chi connectivity index (χ4n) is 0.891. The highest BCUT2D eigenvalue weighted by Crippen LogP contribution is 2.16. The summed E-state index contributed by atoms with van der Waals surface area (Å²) in [4.78, 5) is 14.4. The van der Waals surface area contributed by atoms with Crippen LogP contribution in [0.1, 0.15) is 12.1 Å². The molecular weight excluding hydrogens is 202 g/mol. The van der Waals surface area contributed by atoms with Crippen LogP contribution in [0.5, 0.6) is 0 Å². The maximum Gasteiger partial charge on any atom is 0.221 e. The van der Waals surface area contributed by atoms with Gasteiger partial charge in [-0.25, -0.2) is 0 Å². The van der Waals surface area contributed by atoms with Gasteiger partial charge in [-0.2, -0.15) is 0 Å². The monoisotopic (exact) mass is 211 g/mol. The topological polar surface area (TPSA) is 82.0 Å². The molecule has 5 heteroatoms. The van der Waals surface area contributed by atoms with Crippen molar-refractivity contribution < 1.29 is 4.79 Å². The van der Waals surface area contributed by atoms with Crippen LogP contribution in [0, 0.1) is 0 Å². The van der Waals surface area contributed by atoms with Crippen LogP contribution in [0.3, 0.4) is 0 Å². The van der Waals surface area contributed by atoms with Crippen LogP contribution in [0.15, 0.2) is 18.3 Å². The number of hydrogen-bond donors (Lipinski definition) is 2. The maximum absolute atomic E-state index is 10.4. The SMILES string of the molecule is NC(=O)CC=Cc1ncc(Cl)cc1N. The van der Waals surface area contributed by atoms with Gasteiger partial charge >= 0.3 is 0 Å². The molecule has 0 aromatic carbocycles. The molecule has 1 rings (SSSR count). The van der Waals surface area contributed by atoms with Gasteiger partial charge < -0.3 is 11.5 Å². The minimum absolute atomic E-state index is 0.170. The Morgan fingerprint density at radius 1 is 1.64 bits per heavy atom. The second-order valence-corrected chi connectivity index (χ2v) is 3.14. The molecule has 74 valence electrons. The van der Waals surface area contributed by atoms with Gasteiger partial charge in [0.05, 0.1) is 16.4 Å². The standard InChI is InChI=1S/C9H10ClN3O/c10-6-4-7(11)8(13-5-6)2-1-3-9(12)14/h1-2,4-5H,3,11H2,(H2,12,14). The lowest BCUT2D eigenvalue weighted by atomic mass is 10.2. The zero-order chi connectivity index (χ0) is 10.6. The highest BCUT2D eigenvalue weighted by atomic mass is 35.5. The Labute approximate surface area is 86.6 Å². The van der Waals surface area contributed by atoms with Crippen molar-refractivity contribution in [3.8, 4) is 0 Å². The second-order valence-electron chi connectivity index (χ2n) is 2.70. The van der Waals surface area contributed by atoms with Crippen molar-refractivity contribution in [2.75, 3.05) is 5.73 Å². The molecule has 1 aromatic heterocycles. The van der Waals surface area contributed by atoms with Crippen LogP contribution < -0.4 is 11.5 Å². The summed E-state index contributed by atoms with van der Waals surface area (Å²) >= 11 is 5.66. The number of nitrogens with two attached hydrogens (primary N) is 2. The Bertz CT molecular complexity index is 376. The van der Waals surface area contributed by atoms with E-state index in [1.54, 1.807) is 18.2 Å². The van der Waals surface area contributed by atoms with Crippen molar-refractivity contribution in [3.05, 3.63) is 29.1 Å². The molecule has 0 aliphatic carbocycles. The van der Waals surface area contributed by atoms with E-state index in [0.29, 0.717) is 16.4 Å². The molecule has 0 saturated heterocycles. The van der Waals surface area contributed by atoms with Gasteiger partial charge in [0.15, 0.2) is 0 Å². The molecule has 0 saturated carbocycles. The number of hydrogen-bond acceptors (Lipinski definition) is 3. The van der Waals surface area contributed by atoms with Gasteiger partial charge in [0.25, 0.3) is 0 Å². The van der Waals surface area contributed by atoms with Crippen molar-refractivity contribution >= 4 is 29.3 Å². The molecule has 0 unspecified atom stereocenters. The first-order valence-electron chi connectivity index (χ1n) is 3.95. The summed E-state index contributed by atoms with van der Waals surface area (Å²) in [6.45, 7) is 0. The largest absolute Gasteiger partial charge is 0.397 e. The molecule has 14 heavy (non-hydrogen) atoms. The normalized spacial score (nSPS) is 10.6. The number of nitrogens with zero attached hydrogens (tertiary/aromatic N) is 1. The van der Waals surface area contributed by atoms with Crippen LogP contribution in [0.25, 0.3) is 6.08 Å². The van der Waals surface area contributed by atoms with E-state index in [1.807, 2.05) is 0 Å². The van der Waals surface area contributed by atoms with E-state index in [2.05, 4.69) is 4.98 Å². The lowest BCUT2D eigenvalue weighted by Gasteiger charge is -1.98. The molecule has 0 spiro atoms. The number of carbonyl (C=O) groups is 1. The van der Waals surface area contributed by atoms with E-state index < -0.39 is 5.91 Å². The van der Waals surface area contributed by atoms with E-state index in [4.69, 9.17) is 23.1 Å². The Balaban J connectivity index is 2.76. The number of anilines is 1. The molecular formula is C9H10ClN3O. The first kappa shape index (κ1) is 10.5. The van der Waals surface area contributed by atoms with Crippen LogP contribution in [0.4, 0.5) is 5.69 Å². The third-order valence-electron chi connectivity index (χ3n) is 1.51. The Hall–Kier alpha value is -1.55. The van der Waals surface area contributed by atoms with Gasteiger partial charge in [-0.3, -0.25) is 9.78 Å². The van der Waals surface area contributed by atoms with E-state index in [0.717, 1.165) is 0 Å². The third kappa shape index (κ3) is 3.06. The Kier molecular flexibility index (Phi) is 3.48. The van der Waals surface area contributed by atoms with Crippen molar-refractivity contribution in [1.29, 1.82) is 0 Å². The molecule has 0 aliphatic rings.